The molecule has 1 fully saturated rings. The fourth-order valence-electron chi connectivity index (χ4n) is 2.08. The molecule has 0 bridgehead atoms. The average molecular weight is 242 g/mol. The molecular formula is C11H16ClN3O. The summed E-state index contributed by atoms with van der Waals surface area (Å²) < 4.78 is 1.80. The van der Waals surface area contributed by atoms with Gasteiger partial charge in [0.1, 0.15) is 5.15 Å². The monoisotopic (exact) mass is 241 g/mol. The minimum Gasteiger partial charge on any atom is -0.306 e. The molecule has 1 saturated heterocycles. The van der Waals surface area contributed by atoms with Gasteiger partial charge in [0.15, 0.2) is 5.78 Å². The van der Waals surface area contributed by atoms with Crippen molar-refractivity contribution in [3.63, 3.8) is 0 Å². The minimum absolute atomic E-state index is 0.0239. The topological polar surface area (TPSA) is 38.1 Å². The molecule has 16 heavy (non-hydrogen) atoms. The molecule has 0 aromatic carbocycles. The SMILES string of the molecule is CC(=O)c1cnn(C2CCN(C)CC2)c1Cl. The minimum atomic E-state index is -0.0239. The van der Waals surface area contributed by atoms with Gasteiger partial charge in [-0.05, 0) is 39.9 Å². The maximum atomic E-state index is 11.3. The van der Waals surface area contributed by atoms with E-state index in [4.69, 9.17) is 11.6 Å². The Morgan fingerprint density at radius 3 is 2.62 bits per heavy atom. The number of aromatic nitrogens is 2. The highest BCUT2D eigenvalue weighted by atomic mass is 35.5. The number of hydrogen-bond acceptors (Lipinski definition) is 3. The predicted molar refractivity (Wildman–Crippen MR) is 63.0 cm³/mol. The molecule has 0 atom stereocenters. The van der Waals surface area contributed by atoms with Crippen molar-refractivity contribution in [3.8, 4) is 0 Å². The highest BCUT2D eigenvalue weighted by Gasteiger charge is 2.22. The highest BCUT2D eigenvalue weighted by molar-refractivity contribution is 6.32. The van der Waals surface area contributed by atoms with E-state index in [9.17, 15) is 4.79 Å². The smallest absolute Gasteiger partial charge is 0.164 e. The number of ketones is 1. The van der Waals surface area contributed by atoms with Crippen LogP contribution in [0.3, 0.4) is 0 Å². The van der Waals surface area contributed by atoms with E-state index in [0.29, 0.717) is 16.8 Å². The van der Waals surface area contributed by atoms with E-state index in [1.54, 1.807) is 10.9 Å². The summed E-state index contributed by atoms with van der Waals surface area (Å²) in [6, 6.07) is 0.330. The van der Waals surface area contributed by atoms with Crippen LogP contribution in [0.5, 0.6) is 0 Å². The van der Waals surface area contributed by atoms with Crippen LogP contribution in [0.2, 0.25) is 5.15 Å². The Morgan fingerprint density at radius 1 is 1.50 bits per heavy atom. The molecule has 0 saturated carbocycles. The van der Waals surface area contributed by atoms with Gasteiger partial charge in [-0.3, -0.25) is 9.48 Å². The third kappa shape index (κ3) is 2.13. The van der Waals surface area contributed by atoms with Crippen LogP contribution in [-0.2, 0) is 0 Å². The van der Waals surface area contributed by atoms with Crippen LogP contribution in [0.25, 0.3) is 0 Å². The standard InChI is InChI=1S/C11H16ClN3O/c1-8(16)10-7-13-15(11(10)12)9-3-5-14(2)6-4-9/h7,9H,3-6H2,1-2H3. The van der Waals surface area contributed by atoms with Crippen molar-refractivity contribution in [1.82, 2.24) is 14.7 Å². The van der Waals surface area contributed by atoms with Crippen LogP contribution >= 0.6 is 11.6 Å². The molecule has 0 radical (unpaired) electrons. The molecule has 88 valence electrons. The van der Waals surface area contributed by atoms with Crippen molar-refractivity contribution in [2.75, 3.05) is 20.1 Å². The molecule has 2 rings (SSSR count). The van der Waals surface area contributed by atoms with E-state index in [2.05, 4.69) is 17.0 Å². The number of likely N-dealkylation sites (tertiary alicyclic amines) is 1. The van der Waals surface area contributed by atoms with Crippen LogP contribution in [-0.4, -0.2) is 40.6 Å². The molecule has 4 nitrogen and oxygen atoms in total. The summed E-state index contributed by atoms with van der Waals surface area (Å²) >= 11 is 6.16. The predicted octanol–water partition coefficient (Wildman–Crippen LogP) is 2.01. The Bertz CT molecular complexity index is 394. The molecule has 1 aromatic heterocycles. The van der Waals surface area contributed by atoms with E-state index in [1.807, 2.05) is 0 Å². The van der Waals surface area contributed by atoms with Gasteiger partial charge in [0.2, 0.25) is 0 Å². The van der Waals surface area contributed by atoms with Crippen LogP contribution in [0.4, 0.5) is 0 Å². The van der Waals surface area contributed by atoms with Crippen molar-refractivity contribution in [3.05, 3.63) is 16.9 Å². The number of rotatable bonds is 2. The van der Waals surface area contributed by atoms with E-state index in [1.165, 1.54) is 6.92 Å². The lowest BCUT2D eigenvalue weighted by atomic mass is 10.1. The fourth-order valence-corrected chi connectivity index (χ4v) is 2.44. The molecule has 1 aromatic rings. The second-order valence-electron chi connectivity index (χ2n) is 4.38. The van der Waals surface area contributed by atoms with Gasteiger partial charge < -0.3 is 4.90 Å². The molecular weight excluding hydrogens is 226 g/mol. The van der Waals surface area contributed by atoms with E-state index >= 15 is 0 Å². The lowest BCUT2D eigenvalue weighted by Gasteiger charge is -2.29. The Hall–Kier alpha value is -0.870. The number of piperidine rings is 1. The second-order valence-corrected chi connectivity index (χ2v) is 4.74. The Kier molecular flexibility index (Phi) is 3.30. The first-order valence-corrected chi connectivity index (χ1v) is 5.90. The molecule has 0 N–H and O–H groups in total. The zero-order valence-electron chi connectivity index (χ0n) is 9.61. The van der Waals surface area contributed by atoms with Crippen molar-refractivity contribution in [2.24, 2.45) is 0 Å². The summed E-state index contributed by atoms with van der Waals surface area (Å²) in [5.74, 6) is -0.0239. The van der Waals surface area contributed by atoms with Gasteiger partial charge >= 0.3 is 0 Å². The van der Waals surface area contributed by atoms with Crippen molar-refractivity contribution in [1.29, 1.82) is 0 Å². The molecule has 1 aliphatic rings. The number of Topliss-reactive ketones (excluding diaryl/α,β-unsaturated/α-hetero) is 1. The molecule has 0 aliphatic carbocycles. The Balaban J connectivity index is 2.18. The largest absolute Gasteiger partial charge is 0.306 e. The Morgan fingerprint density at radius 2 is 2.12 bits per heavy atom. The number of halogens is 1. The molecule has 2 heterocycles. The average Bonchev–Trinajstić information content (AvgIpc) is 2.61. The summed E-state index contributed by atoms with van der Waals surface area (Å²) in [7, 11) is 2.11. The van der Waals surface area contributed by atoms with Gasteiger partial charge in [-0.2, -0.15) is 5.10 Å². The van der Waals surface area contributed by atoms with Crippen molar-refractivity contribution >= 4 is 17.4 Å². The van der Waals surface area contributed by atoms with Gasteiger partial charge in [-0.15, -0.1) is 0 Å². The van der Waals surface area contributed by atoms with Gasteiger partial charge in [0.25, 0.3) is 0 Å². The fraction of sp³-hybridized carbons (Fsp3) is 0.636. The lowest BCUT2D eigenvalue weighted by molar-refractivity contribution is 0.101. The zero-order chi connectivity index (χ0) is 11.7. The highest BCUT2D eigenvalue weighted by Crippen LogP contribution is 2.27. The normalized spacial score (nSPS) is 18.9. The summed E-state index contributed by atoms with van der Waals surface area (Å²) in [6.07, 6.45) is 3.65. The second kappa shape index (κ2) is 4.55. The third-order valence-corrected chi connectivity index (χ3v) is 3.52. The number of hydrogen-bond donors (Lipinski definition) is 0. The number of nitrogens with zero attached hydrogens (tertiary/aromatic N) is 3. The Labute approximate surface area is 100 Å². The van der Waals surface area contributed by atoms with Gasteiger partial charge in [-0.25, -0.2) is 0 Å². The van der Waals surface area contributed by atoms with E-state index < -0.39 is 0 Å². The van der Waals surface area contributed by atoms with Crippen LogP contribution in [0.15, 0.2) is 6.20 Å². The van der Waals surface area contributed by atoms with Gasteiger partial charge in [0, 0.05) is 0 Å². The van der Waals surface area contributed by atoms with Crippen LogP contribution in [0, 0.1) is 0 Å². The molecule has 1 aliphatic heterocycles. The zero-order valence-corrected chi connectivity index (χ0v) is 10.4. The van der Waals surface area contributed by atoms with Crippen molar-refractivity contribution < 1.29 is 4.79 Å². The van der Waals surface area contributed by atoms with E-state index in [0.717, 1.165) is 25.9 Å². The lowest BCUT2D eigenvalue weighted by Crippen LogP contribution is -2.31. The number of carbonyl (C=O) groups is 1. The molecule has 5 heteroatoms. The molecule has 0 amide bonds. The summed E-state index contributed by atoms with van der Waals surface area (Å²) in [5.41, 5.74) is 0.528. The first-order valence-electron chi connectivity index (χ1n) is 5.52. The van der Waals surface area contributed by atoms with E-state index in [-0.39, 0.29) is 5.78 Å². The molecule has 0 spiro atoms. The van der Waals surface area contributed by atoms with Gasteiger partial charge in [-0.1, -0.05) is 11.6 Å². The first-order chi connectivity index (χ1) is 7.59. The number of carbonyl (C=O) groups excluding carboxylic acids is 1. The first kappa shape index (κ1) is 11.6. The maximum Gasteiger partial charge on any atom is 0.164 e. The third-order valence-electron chi connectivity index (χ3n) is 3.15. The summed E-state index contributed by atoms with van der Waals surface area (Å²) in [4.78, 5) is 13.6. The summed E-state index contributed by atoms with van der Waals surface area (Å²) in [5, 5.41) is 4.72. The maximum absolute atomic E-state index is 11.3. The molecule has 0 unspecified atom stereocenters. The quantitative estimate of drug-likeness (QED) is 0.744. The van der Waals surface area contributed by atoms with Crippen molar-refractivity contribution in [2.45, 2.75) is 25.8 Å². The van der Waals surface area contributed by atoms with Crippen LogP contribution < -0.4 is 0 Å². The van der Waals surface area contributed by atoms with Crippen LogP contribution in [0.1, 0.15) is 36.2 Å². The van der Waals surface area contributed by atoms with Gasteiger partial charge in [0.05, 0.1) is 17.8 Å². The summed E-state index contributed by atoms with van der Waals surface area (Å²) in [6.45, 7) is 3.62.